The smallest absolute Gasteiger partial charge is 0.166 e. The second kappa shape index (κ2) is 5.23. The average molecular weight is 345 g/mol. The van der Waals surface area contributed by atoms with E-state index in [9.17, 15) is 5.11 Å². The largest absolute Gasteiger partial charge is 0.388 e. The molecule has 2 aromatic rings. The quantitative estimate of drug-likeness (QED) is 0.905. The number of nitrogens with zero attached hydrogens (tertiary/aromatic N) is 3. The lowest BCUT2D eigenvalue weighted by atomic mass is 10.1. The standard InChI is InChI=1S/C13H15BrClN3O/c1-13(2,3)18-11(7-19)16-17-12(18)9-5-4-8(14)6-10(9)15/h4-6,19H,7H2,1-3H3. The summed E-state index contributed by atoms with van der Waals surface area (Å²) in [5, 5.41) is 18.2. The molecule has 6 heteroatoms. The van der Waals surface area contributed by atoms with Crippen molar-refractivity contribution in [3.63, 3.8) is 0 Å². The van der Waals surface area contributed by atoms with E-state index in [4.69, 9.17) is 11.6 Å². The van der Waals surface area contributed by atoms with Gasteiger partial charge < -0.3 is 9.67 Å². The summed E-state index contributed by atoms with van der Waals surface area (Å²) in [6, 6.07) is 5.61. The molecule has 0 aliphatic rings. The zero-order chi connectivity index (χ0) is 14.2. The van der Waals surface area contributed by atoms with Gasteiger partial charge in [0.25, 0.3) is 0 Å². The molecule has 0 saturated carbocycles. The number of benzene rings is 1. The molecule has 2 rings (SSSR count). The van der Waals surface area contributed by atoms with Crippen molar-refractivity contribution < 1.29 is 5.11 Å². The van der Waals surface area contributed by atoms with E-state index in [2.05, 4.69) is 26.1 Å². The molecule has 0 aliphatic heterocycles. The third kappa shape index (κ3) is 2.83. The number of rotatable bonds is 2. The second-order valence-corrected chi connectivity index (χ2v) is 6.55. The van der Waals surface area contributed by atoms with Crippen molar-refractivity contribution in [3.8, 4) is 11.4 Å². The lowest BCUT2D eigenvalue weighted by Gasteiger charge is -2.24. The summed E-state index contributed by atoms with van der Waals surface area (Å²) in [5.41, 5.74) is 0.555. The van der Waals surface area contributed by atoms with E-state index in [0.29, 0.717) is 16.7 Å². The Balaban J connectivity index is 2.66. The number of halogens is 2. The van der Waals surface area contributed by atoms with Gasteiger partial charge in [-0.15, -0.1) is 10.2 Å². The predicted octanol–water partition coefficient (Wildman–Crippen LogP) is 3.61. The van der Waals surface area contributed by atoms with Crippen LogP contribution in [0.25, 0.3) is 11.4 Å². The summed E-state index contributed by atoms with van der Waals surface area (Å²) in [6.45, 7) is 5.95. The molecule has 1 heterocycles. The Labute approximate surface area is 125 Å². The molecular formula is C13H15BrClN3O. The first-order valence-electron chi connectivity index (χ1n) is 5.85. The van der Waals surface area contributed by atoms with Crippen LogP contribution in [0.1, 0.15) is 26.6 Å². The van der Waals surface area contributed by atoms with Gasteiger partial charge in [0.1, 0.15) is 6.61 Å². The first-order chi connectivity index (χ1) is 8.84. The Morgan fingerprint density at radius 3 is 2.53 bits per heavy atom. The molecular weight excluding hydrogens is 330 g/mol. The molecule has 4 nitrogen and oxygen atoms in total. The van der Waals surface area contributed by atoms with Gasteiger partial charge in [0.05, 0.1) is 5.02 Å². The highest BCUT2D eigenvalue weighted by atomic mass is 79.9. The average Bonchev–Trinajstić information content (AvgIpc) is 2.72. The molecule has 0 fully saturated rings. The SMILES string of the molecule is CC(C)(C)n1c(CO)nnc1-c1ccc(Br)cc1Cl. The fraction of sp³-hybridized carbons (Fsp3) is 0.385. The fourth-order valence-electron chi connectivity index (χ4n) is 1.97. The molecule has 102 valence electrons. The Hall–Kier alpha value is -0.910. The normalized spacial score (nSPS) is 11.9. The van der Waals surface area contributed by atoms with E-state index in [0.717, 1.165) is 10.0 Å². The van der Waals surface area contributed by atoms with Gasteiger partial charge in [-0.1, -0.05) is 27.5 Å². The van der Waals surface area contributed by atoms with E-state index >= 15 is 0 Å². The fourth-order valence-corrected chi connectivity index (χ4v) is 2.73. The van der Waals surface area contributed by atoms with Crippen LogP contribution < -0.4 is 0 Å². The van der Waals surface area contributed by atoms with Gasteiger partial charge in [-0.3, -0.25) is 0 Å². The summed E-state index contributed by atoms with van der Waals surface area (Å²) in [4.78, 5) is 0. The van der Waals surface area contributed by atoms with Crippen LogP contribution in [0.15, 0.2) is 22.7 Å². The van der Waals surface area contributed by atoms with Crippen molar-refractivity contribution in [3.05, 3.63) is 33.5 Å². The third-order valence-corrected chi connectivity index (χ3v) is 3.52. The topological polar surface area (TPSA) is 50.9 Å². The monoisotopic (exact) mass is 343 g/mol. The molecule has 0 saturated heterocycles. The molecule has 1 aromatic heterocycles. The van der Waals surface area contributed by atoms with E-state index in [1.807, 2.05) is 43.5 Å². The van der Waals surface area contributed by atoms with Gasteiger partial charge in [0.2, 0.25) is 0 Å². The van der Waals surface area contributed by atoms with Crippen LogP contribution >= 0.6 is 27.5 Å². The minimum Gasteiger partial charge on any atom is -0.388 e. The van der Waals surface area contributed by atoms with E-state index in [1.54, 1.807) is 0 Å². The predicted molar refractivity (Wildman–Crippen MR) is 79.1 cm³/mol. The maximum absolute atomic E-state index is 9.39. The highest BCUT2D eigenvalue weighted by Crippen LogP contribution is 2.32. The van der Waals surface area contributed by atoms with Gasteiger partial charge in [-0.25, -0.2) is 0 Å². The van der Waals surface area contributed by atoms with Gasteiger partial charge in [-0.2, -0.15) is 0 Å². The molecule has 0 radical (unpaired) electrons. The van der Waals surface area contributed by atoms with Crippen LogP contribution in [0.5, 0.6) is 0 Å². The highest BCUT2D eigenvalue weighted by molar-refractivity contribution is 9.10. The van der Waals surface area contributed by atoms with Crippen LogP contribution in [0.4, 0.5) is 0 Å². The van der Waals surface area contributed by atoms with Gasteiger partial charge in [0, 0.05) is 15.6 Å². The van der Waals surface area contributed by atoms with Crippen molar-refractivity contribution in [2.24, 2.45) is 0 Å². The molecule has 0 unspecified atom stereocenters. The van der Waals surface area contributed by atoms with Crippen LogP contribution in [-0.4, -0.2) is 19.9 Å². The van der Waals surface area contributed by atoms with E-state index < -0.39 is 0 Å². The first kappa shape index (κ1) is 14.5. The highest BCUT2D eigenvalue weighted by Gasteiger charge is 2.24. The number of aromatic nitrogens is 3. The summed E-state index contributed by atoms with van der Waals surface area (Å²) in [6.07, 6.45) is 0. The van der Waals surface area contributed by atoms with Crippen molar-refractivity contribution in [1.29, 1.82) is 0 Å². The second-order valence-electron chi connectivity index (χ2n) is 5.23. The lowest BCUT2D eigenvalue weighted by Crippen LogP contribution is -2.25. The van der Waals surface area contributed by atoms with E-state index in [1.165, 1.54) is 0 Å². The summed E-state index contributed by atoms with van der Waals surface area (Å²) in [7, 11) is 0. The van der Waals surface area contributed by atoms with Crippen LogP contribution in [0, 0.1) is 0 Å². The summed E-state index contributed by atoms with van der Waals surface area (Å²) < 4.78 is 2.81. The molecule has 1 aromatic carbocycles. The van der Waals surface area contributed by atoms with Gasteiger partial charge in [0.15, 0.2) is 11.6 Å². The van der Waals surface area contributed by atoms with Crippen molar-refractivity contribution in [1.82, 2.24) is 14.8 Å². The zero-order valence-electron chi connectivity index (χ0n) is 11.0. The Kier molecular flexibility index (Phi) is 3.99. The number of hydrogen-bond donors (Lipinski definition) is 1. The molecule has 0 amide bonds. The zero-order valence-corrected chi connectivity index (χ0v) is 13.3. The van der Waals surface area contributed by atoms with Crippen molar-refractivity contribution >= 4 is 27.5 Å². The molecule has 0 bridgehead atoms. The third-order valence-electron chi connectivity index (χ3n) is 2.71. The van der Waals surface area contributed by atoms with Crippen LogP contribution in [0.2, 0.25) is 5.02 Å². The lowest BCUT2D eigenvalue weighted by molar-refractivity contribution is 0.250. The summed E-state index contributed by atoms with van der Waals surface area (Å²) >= 11 is 9.64. The first-order valence-corrected chi connectivity index (χ1v) is 7.02. The van der Waals surface area contributed by atoms with Crippen LogP contribution in [-0.2, 0) is 12.1 Å². The molecule has 0 aliphatic carbocycles. The molecule has 1 N–H and O–H groups in total. The Morgan fingerprint density at radius 1 is 1.32 bits per heavy atom. The number of hydrogen-bond acceptors (Lipinski definition) is 3. The molecule has 0 spiro atoms. The Morgan fingerprint density at radius 2 is 2.00 bits per heavy atom. The number of aliphatic hydroxyl groups excluding tert-OH is 1. The summed E-state index contributed by atoms with van der Waals surface area (Å²) in [5.74, 6) is 1.19. The number of aliphatic hydroxyl groups is 1. The maximum Gasteiger partial charge on any atom is 0.166 e. The van der Waals surface area contributed by atoms with Crippen molar-refractivity contribution in [2.75, 3.05) is 0 Å². The minimum atomic E-state index is -0.243. The van der Waals surface area contributed by atoms with E-state index in [-0.39, 0.29) is 12.1 Å². The minimum absolute atomic E-state index is 0.154. The van der Waals surface area contributed by atoms with Crippen LogP contribution in [0.3, 0.4) is 0 Å². The van der Waals surface area contributed by atoms with Gasteiger partial charge >= 0.3 is 0 Å². The Bertz CT molecular complexity index is 604. The molecule has 0 atom stereocenters. The van der Waals surface area contributed by atoms with Gasteiger partial charge in [-0.05, 0) is 39.0 Å². The van der Waals surface area contributed by atoms with Crippen molar-refractivity contribution in [2.45, 2.75) is 32.9 Å². The molecule has 19 heavy (non-hydrogen) atoms. The maximum atomic E-state index is 9.39.